The van der Waals surface area contributed by atoms with Crippen LogP contribution in [0.5, 0.6) is 11.5 Å². The predicted octanol–water partition coefficient (Wildman–Crippen LogP) is 4.09. The Morgan fingerprint density at radius 3 is 2.61 bits per heavy atom. The van der Waals surface area contributed by atoms with Crippen molar-refractivity contribution in [2.24, 2.45) is 0 Å². The normalized spacial score (nSPS) is 16.7. The van der Waals surface area contributed by atoms with E-state index < -0.39 is 0 Å². The second-order valence-corrected chi connectivity index (χ2v) is 8.42. The number of likely N-dealkylation sites (tertiary alicyclic amines) is 1. The van der Waals surface area contributed by atoms with Crippen LogP contribution in [0.3, 0.4) is 0 Å². The van der Waals surface area contributed by atoms with Gasteiger partial charge in [-0.05, 0) is 62.7 Å². The lowest BCUT2D eigenvalue weighted by atomic mass is 10.1. The van der Waals surface area contributed by atoms with Gasteiger partial charge in [0.25, 0.3) is 0 Å². The number of hydrogen-bond acceptors (Lipinski definition) is 7. The van der Waals surface area contributed by atoms with E-state index in [0.29, 0.717) is 12.4 Å². The fourth-order valence-electron chi connectivity index (χ4n) is 4.45. The van der Waals surface area contributed by atoms with Gasteiger partial charge in [-0.1, -0.05) is 18.2 Å². The number of rotatable bonds is 6. The van der Waals surface area contributed by atoms with Gasteiger partial charge in [-0.2, -0.15) is 5.10 Å². The van der Waals surface area contributed by atoms with E-state index >= 15 is 0 Å². The number of nitrogen functional groups attached to an aromatic ring is 1. The summed E-state index contributed by atoms with van der Waals surface area (Å²) in [5, 5.41) is 5.70. The van der Waals surface area contributed by atoms with Crippen molar-refractivity contribution in [2.75, 3.05) is 25.4 Å². The molecule has 2 aromatic carbocycles. The summed E-state index contributed by atoms with van der Waals surface area (Å²) in [7, 11) is 0. The number of ether oxygens (including phenoxy) is 1. The van der Waals surface area contributed by atoms with E-state index in [2.05, 4.69) is 14.9 Å². The third kappa shape index (κ3) is 4.42. The summed E-state index contributed by atoms with van der Waals surface area (Å²) >= 11 is 0. The first-order valence-corrected chi connectivity index (χ1v) is 11.1. The molecule has 1 saturated heterocycles. The fourth-order valence-corrected chi connectivity index (χ4v) is 4.45. The number of Topliss-reactive ketones (excluding diaryl/α,β-unsaturated/α-hetero) is 1. The number of aromatic nitrogens is 4. The van der Waals surface area contributed by atoms with Crippen LogP contribution >= 0.6 is 0 Å². The van der Waals surface area contributed by atoms with Crippen LogP contribution in [-0.2, 0) is 4.79 Å². The van der Waals surface area contributed by atoms with Crippen LogP contribution in [0.15, 0.2) is 60.9 Å². The van der Waals surface area contributed by atoms with Crippen molar-refractivity contribution >= 4 is 22.6 Å². The number of nitrogens with zero attached hydrogens (tertiary/aromatic N) is 5. The van der Waals surface area contributed by atoms with E-state index in [4.69, 9.17) is 15.6 Å². The number of hydrogen-bond donors (Lipinski definition) is 1. The Labute approximate surface area is 192 Å². The van der Waals surface area contributed by atoms with Crippen molar-refractivity contribution < 1.29 is 9.53 Å². The van der Waals surface area contributed by atoms with Gasteiger partial charge >= 0.3 is 0 Å². The minimum Gasteiger partial charge on any atom is -0.457 e. The summed E-state index contributed by atoms with van der Waals surface area (Å²) in [6.07, 6.45) is 3.45. The Morgan fingerprint density at radius 1 is 1.09 bits per heavy atom. The SMILES string of the molecule is CC(=O)CN1CCC[C@@H](n2nc(-c3ccc(Oc4ccccc4)cc3)c3c(N)ncnc32)C1. The molecule has 0 bridgehead atoms. The monoisotopic (exact) mass is 442 g/mol. The van der Waals surface area contributed by atoms with Crippen molar-refractivity contribution in [3.05, 3.63) is 60.9 Å². The fraction of sp³-hybridized carbons (Fsp3) is 0.280. The molecule has 2 N–H and O–H groups in total. The largest absolute Gasteiger partial charge is 0.457 e. The summed E-state index contributed by atoms with van der Waals surface area (Å²) in [6, 6.07) is 17.6. The maximum absolute atomic E-state index is 11.6. The van der Waals surface area contributed by atoms with Gasteiger partial charge in [-0.15, -0.1) is 0 Å². The maximum atomic E-state index is 11.6. The van der Waals surface area contributed by atoms with Gasteiger partial charge in [0.15, 0.2) is 5.65 Å². The first kappa shape index (κ1) is 21.1. The summed E-state index contributed by atoms with van der Waals surface area (Å²) in [5.41, 5.74) is 8.66. The van der Waals surface area contributed by atoms with Crippen LogP contribution in [0.4, 0.5) is 5.82 Å². The Bertz CT molecular complexity index is 1270. The second-order valence-electron chi connectivity index (χ2n) is 8.42. The van der Waals surface area contributed by atoms with Crippen LogP contribution < -0.4 is 10.5 Å². The number of benzene rings is 2. The number of nitrogens with two attached hydrogens (primary N) is 1. The Kier molecular flexibility index (Phi) is 5.75. The van der Waals surface area contributed by atoms with E-state index in [-0.39, 0.29) is 11.8 Å². The summed E-state index contributed by atoms with van der Waals surface area (Å²) in [5.74, 6) is 2.10. The summed E-state index contributed by atoms with van der Waals surface area (Å²) < 4.78 is 7.88. The molecule has 8 heteroatoms. The highest BCUT2D eigenvalue weighted by molar-refractivity contribution is 5.98. The van der Waals surface area contributed by atoms with E-state index in [1.165, 1.54) is 6.33 Å². The number of carbonyl (C=O) groups excluding carboxylic acids is 1. The van der Waals surface area contributed by atoms with E-state index in [0.717, 1.165) is 59.7 Å². The van der Waals surface area contributed by atoms with Crippen molar-refractivity contribution in [1.29, 1.82) is 0 Å². The molecule has 0 saturated carbocycles. The van der Waals surface area contributed by atoms with Gasteiger partial charge in [0.2, 0.25) is 0 Å². The first-order chi connectivity index (χ1) is 16.1. The lowest BCUT2D eigenvalue weighted by molar-refractivity contribution is -0.118. The highest BCUT2D eigenvalue weighted by Crippen LogP contribution is 2.34. The zero-order valence-corrected chi connectivity index (χ0v) is 18.5. The minimum absolute atomic E-state index is 0.115. The molecule has 1 atom stereocenters. The van der Waals surface area contributed by atoms with Gasteiger partial charge in [-0.25, -0.2) is 14.6 Å². The van der Waals surface area contributed by atoms with Crippen molar-refractivity contribution in [2.45, 2.75) is 25.8 Å². The number of carbonyl (C=O) groups is 1. The molecule has 5 rings (SSSR count). The molecule has 2 aromatic heterocycles. The number of fused-ring (bicyclic) bond motifs is 1. The lowest BCUT2D eigenvalue weighted by Gasteiger charge is -2.32. The van der Waals surface area contributed by atoms with E-state index in [1.54, 1.807) is 6.92 Å². The van der Waals surface area contributed by atoms with Gasteiger partial charge in [-0.3, -0.25) is 9.69 Å². The van der Waals surface area contributed by atoms with Crippen LogP contribution in [0.1, 0.15) is 25.8 Å². The highest BCUT2D eigenvalue weighted by Gasteiger charge is 2.27. The molecule has 0 spiro atoms. The van der Waals surface area contributed by atoms with E-state index in [1.807, 2.05) is 59.3 Å². The van der Waals surface area contributed by atoms with Crippen molar-refractivity contribution in [3.8, 4) is 22.8 Å². The minimum atomic E-state index is 0.115. The van der Waals surface area contributed by atoms with Crippen molar-refractivity contribution in [3.63, 3.8) is 0 Å². The summed E-state index contributed by atoms with van der Waals surface area (Å²) in [6.45, 7) is 3.76. The molecule has 1 fully saturated rings. The van der Waals surface area contributed by atoms with Gasteiger partial charge in [0, 0.05) is 12.1 Å². The molecule has 168 valence electrons. The van der Waals surface area contributed by atoms with Crippen LogP contribution in [0.25, 0.3) is 22.3 Å². The van der Waals surface area contributed by atoms with Crippen LogP contribution in [0, 0.1) is 0 Å². The number of ketones is 1. The van der Waals surface area contributed by atoms with Crippen molar-refractivity contribution in [1.82, 2.24) is 24.6 Å². The molecule has 3 heterocycles. The zero-order chi connectivity index (χ0) is 22.8. The molecule has 33 heavy (non-hydrogen) atoms. The Hall–Kier alpha value is -3.78. The standard InChI is InChI=1S/C25H26N6O2/c1-17(32)14-30-13-5-6-19(15-30)31-25-22(24(26)27-16-28-25)23(29-31)18-9-11-21(12-10-18)33-20-7-3-2-4-8-20/h2-4,7-12,16,19H,5-6,13-15H2,1H3,(H2,26,27,28)/t19-/m1/s1. The maximum Gasteiger partial charge on any atom is 0.164 e. The molecule has 1 aliphatic rings. The average molecular weight is 443 g/mol. The molecule has 1 aliphatic heterocycles. The molecule has 0 unspecified atom stereocenters. The zero-order valence-electron chi connectivity index (χ0n) is 18.5. The van der Waals surface area contributed by atoms with Gasteiger partial charge in [0.05, 0.1) is 18.0 Å². The number of anilines is 1. The van der Waals surface area contributed by atoms with Crippen LogP contribution in [0.2, 0.25) is 0 Å². The number of para-hydroxylation sites is 1. The molecule has 4 aromatic rings. The number of piperidine rings is 1. The van der Waals surface area contributed by atoms with E-state index in [9.17, 15) is 4.79 Å². The van der Waals surface area contributed by atoms with Gasteiger partial charge in [0.1, 0.15) is 35.1 Å². The predicted molar refractivity (Wildman–Crippen MR) is 127 cm³/mol. The first-order valence-electron chi connectivity index (χ1n) is 11.1. The third-order valence-corrected chi connectivity index (χ3v) is 5.90. The molecule has 0 amide bonds. The highest BCUT2D eigenvalue weighted by atomic mass is 16.5. The molecule has 0 aliphatic carbocycles. The smallest absolute Gasteiger partial charge is 0.164 e. The molecule has 0 radical (unpaired) electrons. The summed E-state index contributed by atoms with van der Waals surface area (Å²) in [4.78, 5) is 22.6. The molecular weight excluding hydrogens is 416 g/mol. The third-order valence-electron chi connectivity index (χ3n) is 5.90. The Morgan fingerprint density at radius 2 is 1.85 bits per heavy atom. The Balaban J connectivity index is 1.48. The lowest BCUT2D eigenvalue weighted by Crippen LogP contribution is -2.39. The van der Waals surface area contributed by atoms with Crippen LogP contribution in [-0.4, -0.2) is 50.1 Å². The second kappa shape index (κ2) is 8.99. The quantitative estimate of drug-likeness (QED) is 0.480. The molecular formula is C25H26N6O2. The molecule has 8 nitrogen and oxygen atoms in total. The topological polar surface area (TPSA) is 99.2 Å². The average Bonchev–Trinajstić information content (AvgIpc) is 3.21. The van der Waals surface area contributed by atoms with Gasteiger partial charge < -0.3 is 10.5 Å².